The molecule has 2 aromatic rings. The number of phenols is 1. The van der Waals surface area contributed by atoms with E-state index >= 15 is 0 Å². The summed E-state index contributed by atoms with van der Waals surface area (Å²) in [6, 6.07) is 11.9. The van der Waals surface area contributed by atoms with E-state index in [0.717, 1.165) is 10.0 Å². The second kappa shape index (κ2) is 6.27. The number of benzene rings is 2. The molecule has 1 atom stereocenters. The van der Waals surface area contributed by atoms with Gasteiger partial charge in [0.25, 0.3) is 0 Å². The fourth-order valence-corrected chi connectivity index (χ4v) is 2.74. The van der Waals surface area contributed by atoms with Gasteiger partial charge in [-0.15, -0.1) is 0 Å². The monoisotopic (exact) mass is 337 g/mol. The third kappa shape index (κ3) is 2.96. The molecule has 0 aliphatic heterocycles. The van der Waals surface area contributed by atoms with Crippen molar-refractivity contribution in [1.29, 1.82) is 0 Å². The van der Waals surface area contributed by atoms with Crippen LogP contribution in [0.3, 0.4) is 0 Å². The number of hydrogen-bond acceptors (Lipinski definition) is 2. The summed E-state index contributed by atoms with van der Waals surface area (Å²) in [4.78, 5) is 1.93. The molecule has 106 valence electrons. The lowest BCUT2D eigenvalue weighted by Gasteiger charge is -2.31. The molecule has 0 amide bonds. The molecule has 2 aromatic carbocycles. The van der Waals surface area contributed by atoms with Gasteiger partial charge in [-0.3, -0.25) is 0 Å². The van der Waals surface area contributed by atoms with E-state index in [1.54, 1.807) is 24.3 Å². The Hall–Kier alpha value is -1.55. The van der Waals surface area contributed by atoms with E-state index in [4.69, 9.17) is 0 Å². The largest absolute Gasteiger partial charge is 0.508 e. The number of anilines is 1. The van der Waals surface area contributed by atoms with Crippen LogP contribution in [0.1, 0.15) is 25.5 Å². The third-order valence-corrected chi connectivity index (χ3v) is 3.90. The van der Waals surface area contributed by atoms with Gasteiger partial charge in [0.2, 0.25) is 0 Å². The summed E-state index contributed by atoms with van der Waals surface area (Å²) in [7, 11) is 0. The topological polar surface area (TPSA) is 23.5 Å². The molecule has 0 saturated carbocycles. The maximum Gasteiger partial charge on any atom is 0.146 e. The van der Waals surface area contributed by atoms with E-state index in [9.17, 15) is 9.50 Å². The van der Waals surface area contributed by atoms with Gasteiger partial charge in [-0.2, -0.15) is 0 Å². The predicted molar refractivity (Wildman–Crippen MR) is 83.6 cm³/mol. The smallest absolute Gasteiger partial charge is 0.146 e. The number of para-hydroxylation sites is 1. The van der Waals surface area contributed by atoms with E-state index in [1.165, 1.54) is 6.07 Å². The van der Waals surface area contributed by atoms with Crippen LogP contribution in [0.4, 0.5) is 10.1 Å². The molecule has 2 rings (SSSR count). The Kier molecular flexibility index (Phi) is 4.65. The molecule has 0 fully saturated rings. The van der Waals surface area contributed by atoms with Crippen LogP contribution in [-0.2, 0) is 0 Å². The highest BCUT2D eigenvalue weighted by Gasteiger charge is 2.20. The van der Waals surface area contributed by atoms with E-state index in [-0.39, 0.29) is 17.6 Å². The van der Waals surface area contributed by atoms with Gasteiger partial charge in [0.15, 0.2) is 0 Å². The zero-order valence-corrected chi connectivity index (χ0v) is 13.1. The number of halogens is 2. The Labute approximate surface area is 127 Å². The Bertz CT molecular complexity index is 603. The molecule has 0 aromatic heterocycles. The highest BCUT2D eigenvalue weighted by molar-refractivity contribution is 9.10. The maximum absolute atomic E-state index is 14.0. The zero-order valence-electron chi connectivity index (χ0n) is 11.5. The minimum Gasteiger partial charge on any atom is -0.508 e. The second-order valence-electron chi connectivity index (χ2n) is 4.62. The van der Waals surface area contributed by atoms with Gasteiger partial charge in [-0.05, 0) is 44.2 Å². The standard InChI is InChI=1S/C16H17BrFNO/c1-3-19(15-7-5-4-6-14(15)18)11(2)13-10-12(17)8-9-16(13)20/h4-11,20H,3H2,1-2H3. The maximum atomic E-state index is 14.0. The van der Waals surface area contributed by atoms with E-state index in [0.29, 0.717) is 12.2 Å². The van der Waals surface area contributed by atoms with Crippen LogP contribution in [0.25, 0.3) is 0 Å². The normalized spacial score (nSPS) is 12.2. The van der Waals surface area contributed by atoms with Crippen molar-refractivity contribution < 1.29 is 9.50 Å². The molecule has 0 radical (unpaired) electrons. The molecular weight excluding hydrogens is 321 g/mol. The molecule has 0 aliphatic rings. The number of rotatable bonds is 4. The van der Waals surface area contributed by atoms with Crippen molar-refractivity contribution in [2.24, 2.45) is 0 Å². The van der Waals surface area contributed by atoms with E-state index < -0.39 is 0 Å². The summed E-state index contributed by atoms with van der Waals surface area (Å²) in [6.07, 6.45) is 0. The number of nitrogens with zero attached hydrogens (tertiary/aromatic N) is 1. The summed E-state index contributed by atoms with van der Waals surface area (Å²) in [5, 5.41) is 10.0. The van der Waals surface area contributed by atoms with Crippen molar-refractivity contribution >= 4 is 21.6 Å². The highest BCUT2D eigenvalue weighted by atomic mass is 79.9. The van der Waals surface area contributed by atoms with Gasteiger partial charge in [-0.25, -0.2) is 4.39 Å². The van der Waals surface area contributed by atoms with E-state index in [2.05, 4.69) is 15.9 Å². The number of aromatic hydroxyl groups is 1. The van der Waals surface area contributed by atoms with Crippen molar-refractivity contribution in [2.75, 3.05) is 11.4 Å². The minimum atomic E-state index is -0.254. The zero-order chi connectivity index (χ0) is 14.7. The van der Waals surface area contributed by atoms with Gasteiger partial charge in [0.05, 0.1) is 11.7 Å². The third-order valence-electron chi connectivity index (χ3n) is 3.41. The van der Waals surface area contributed by atoms with Gasteiger partial charge >= 0.3 is 0 Å². The lowest BCUT2D eigenvalue weighted by Crippen LogP contribution is -2.27. The van der Waals surface area contributed by atoms with Crippen LogP contribution >= 0.6 is 15.9 Å². The Balaban J connectivity index is 2.41. The highest BCUT2D eigenvalue weighted by Crippen LogP contribution is 2.34. The summed E-state index contributed by atoms with van der Waals surface area (Å²) >= 11 is 3.40. The summed E-state index contributed by atoms with van der Waals surface area (Å²) in [6.45, 7) is 4.57. The Morgan fingerprint density at radius 1 is 1.25 bits per heavy atom. The van der Waals surface area contributed by atoms with Crippen LogP contribution in [0, 0.1) is 5.82 Å². The van der Waals surface area contributed by atoms with Crippen LogP contribution in [0.15, 0.2) is 46.9 Å². The van der Waals surface area contributed by atoms with Crippen LogP contribution in [-0.4, -0.2) is 11.7 Å². The molecule has 0 saturated heterocycles. The average Bonchev–Trinajstić information content (AvgIpc) is 2.44. The molecule has 0 heterocycles. The Morgan fingerprint density at radius 3 is 2.60 bits per heavy atom. The molecule has 20 heavy (non-hydrogen) atoms. The van der Waals surface area contributed by atoms with Crippen molar-refractivity contribution in [3.8, 4) is 5.75 Å². The predicted octanol–water partition coefficient (Wildman–Crippen LogP) is 4.88. The first-order valence-electron chi connectivity index (χ1n) is 6.54. The minimum absolute atomic E-state index is 0.130. The SMILES string of the molecule is CCN(c1ccccc1F)C(C)c1cc(Br)ccc1O. The van der Waals surface area contributed by atoms with Gasteiger partial charge in [-0.1, -0.05) is 28.1 Å². The summed E-state index contributed by atoms with van der Waals surface area (Å²) in [5.74, 6) is -0.0359. The molecule has 0 aliphatic carbocycles. The molecule has 4 heteroatoms. The van der Waals surface area contributed by atoms with Crippen molar-refractivity contribution in [3.05, 3.63) is 58.3 Å². The molecule has 0 spiro atoms. The van der Waals surface area contributed by atoms with E-state index in [1.807, 2.05) is 30.9 Å². The Morgan fingerprint density at radius 2 is 1.95 bits per heavy atom. The quantitative estimate of drug-likeness (QED) is 0.859. The fraction of sp³-hybridized carbons (Fsp3) is 0.250. The first-order chi connectivity index (χ1) is 9.54. The number of phenolic OH excluding ortho intramolecular Hbond substituents is 1. The lowest BCUT2D eigenvalue weighted by atomic mass is 10.0. The molecule has 2 nitrogen and oxygen atoms in total. The van der Waals surface area contributed by atoms with Crippen molar-refractivity contribution in [2.45, 2.75) is 19.9 Å². The average molecular weight is 338 g/mol. The second-order valence-corrected chi connectivity index (χ2v) is 5.53. The van der Waals surface area contributed by atoms with Gasteiger partial charge in [0, 0.05) is 16.6 Å². The first-order valence-corrected chi connectivity index (χ1v) is 7.33. The van der Waals surface area contributed by atoms with Crippen LogP contribution < -0.4 is 4.90 Å². The number of hydrogen-bond donors (Lipinski definition) is 1. The first kappa shape index (κ1) is 14.9. The van der Waals surface area contributed by atoms with Crippen molar-refractivity contribution in [3.63, 3.8) is 0 Å². The van der Waals surface area contributed by atoms with Crippen LogP contribution in [0.5, 0.6) is 5.75 Å². The lowest BCUT2D eigenvalue weighted by molar-refractivity contribution is 0.460. The summed E-state index contributed by atoms with van der Waals surface area (Å²) in [5.41, 5.74) is 1.31. The molecule has 0 bridgehead atoms. The van der Waals surface area contributed by atoms with Crippen LogP contribution in [0.2, 0.25) is 0 Å². The van der Waals surface area contributed by atoms with Gasteiger partial charge in [0.1, 0.15) is 11.6 Å². The fourth-order valence-electron chi connectivity index (χ4n) is 2.37. The van der Waals surface area contributed by atoms with Crippen molar-refractivity contribution in [1.82, 2.24) is 0 Å². The molecule has 1 unspecified atom stereocenters. The molecular formula is C16H17BrFNO. The van der Waals surface area contributed by atoms with Gasteiger partial charge < -0.3 is 10.0 Å². The molecule has 1 N–H and O–H groups in total. The summed E-state index contributed by atoms with van der Waals surface area (Å²) < 4.78 is 14.9.